The van der Waals surface area contributed by atoms with Crippen LogP contribution in [0, 0.1) is 0 Å². The van der Waals surface area contributed by atoms with Crippen LogP contribution >= 0.6 is 0 Å². The average Bonchev–Trinajstić information content (AvgIpc) is 3.70. The van der Waals surface area contributed by atoms with Crippen molar-refractivity contribution in [3.63, 3.8) is 0 Å². The van der Waals surface area contributed by atoms with Gasteiger partial charge in [0.25, 0.3) is 11.8 Å². The third kappa shape index (κ3) is 8.99. The van der Waals surface area contributed by atoms with E-state index in [4.69, 9.17) is 9.47 Å². The number of aromatic nitrogens is 4. The number of ether oxygens (including phenoxy) is 2. The normalized spacial score (nSPS) is 12.1. The molecule has 0 fully saturated rings. The Morgan fingerprint density at radius 1 is 0.556 bits per heavy atom. The van der Waals surface area contributed by atoms with Gasteiger partial charge in [0, 0.05) is 11.4 Å². The molecule has 0 saturated heterocycles. The van der Waals surface area contributed by atoms with Crippen molar-refractivity contribution in [2.24, 2.45) is 0 Å². The van der Waals surface area contributed by atoms with Crippen molar-refractivity contribution in [1.29, 1.82) is 0 Å². The number of Topliss-reactive ketones (excluding diaryl/α,β-unsaturated/α-hetero) is 2. The van der Waals surface area contributed by atoms with Crippen molar-refractivity contribution in [1.82, 2.24) is 30.8 Å². The first kappa shape index (κ1) is 36.6. The minimum atomic E-state index is -1.27. The lowest BCUT2D eigenvalue weighted by atomic mass is 10.2. The Bertz CT molecular complexity index is 2280. The molecule has 10 N–H and O–H groups in total. The smallest absolute Gasteiger partial charge is 0.323 e. The average molecular weight is 737 g/mol. The minimum Gasteiger partial charge on any atom is -0.488 e. The summed E-state index contributed by atoms with van der Waals surface area (Å²) in [6.07, 6.45) is 0. The second kappa shape index (κ2) is 16.4. The lowest BCUT2D eigenvalue weighted by molar-refractivity contribution is -0.128. The van der Waals surface area contributed by atoms with E-state index in [0.717, 1.165) is 0 Å². The van der Waals surface area contributed by atoms with Crippen LogP contribution < -0.4 is 53.2 Å². The van der Waals surface area contributed by atoms with Gasteiger partial charge in [-0.25, -0.2) is 20.4 Å². The van der Waals surface area contributed by atoms with Crippen LogP contribution in [0.2, 0.25) is 0 Å². The number of para-hydroxylation sites is 4. The molecule has 0 saturated carbocycles. The maximum atomic E-state index is 13.0. The number of fused-ring (bicyclic) bond motifs is 2. The molecule has 0 aliphatic carbocycles. The van der Waals surface area contributed by atoms with E-state index in [1.54, 1.807) is 84.9 Å². The molecule has 18 heteroatoms. The summed E-state index contributed by atoms with van der Waals surface area (Å²) in [6, 6.07) is 20.9. The zero-order chi connectivity index (χ0) is 38.2. The number of hydrazine groups is 2. The van der Waals surface area contributed by atoms with Crippen LogP contribution in [0.25, 0.3) is 22.1 Å². The highest BCUT2D eigenvalue weighted by Gasteiger charge is 2.25. The molecule has 6 aromatic rings. The predicted octanol–water partition coefficient (Wildman–Crippen LogP) is 2.51. The Labute approximate surface area is 305 Å². The first-order valence-corrected chi connectivity index (χ1v) is 16.6. The van der Waals surface area contributed by atoms with E-state index in [0.29, 0.717) is 56.3 Å². The lowest BCUT2D eigenvalue weighted by Gasteiger charge is -2.20. The summed E-state index contributed by atoms with van der Waals surface area (Å²) >= 11 is 0. The maximum Gasteiger partial charge on any atom is 0.323 e. The fourth-order valence-electron chi connectivity index (χ4n) is 5.35. The highest BCUT2D eigenvalue weighted by molar-refractivity contribution is 6.11. The monoisotopic (exact) mass is 736 g/mol. The summed E-state index contributed by atoms with van der Waals surface area (Å²) in [5.41, 5.74) is 14.3. The molecule has 0 bridgehead atoms. The van der Waals surface area contributed by atoms with Crippen molar-refractivity contribution in [2.75, 3.05) is 34.7 Å². The predicted molar refractivity (Wildman–Crippen MR) is 201 cm³/mol. The van der Waals surface area contributed by atoms with E-state index in [9.17, 15) is 28.8 Å². The number of anilines is 4. The molecule has 54 heavy (non-hydrogen) atoms. The van der Waals surface area contributed by atoms with Gasteiger partial charge < -0.3 is 50.9 Å². The number of carbonyl (C=O) groups is 4. The van der Waals surface area contributed by atoms with Crippen LogP contribution in [0.15, 0.2) is 94.5 Å². The molecule has 2 heterocycles. The molecule has 4 aromatic carbocycles. The van der Waals surface area contributed by atoms with Gasteiger partial charge >= 0.3 is 11.4 Å². The van der Waals surface area contributed by atoms with Gasteiger partial charge in [-0.1, -0.05) is 24.3 Å². The Kier molecular flexibility index (Phi) is 11.1. The molecule has 0 aliphatic heterocycles. The zero-order valence-corrected chi connectivity index (χ0v) is 28.9. The Hall–Kier alpha value is -7.18. The first-order chi connectivity index (χ1) is 26.0. The number of nitrogens with one attached hydrogen (secondary N) is 10. The Morgan fingerprint density at radius 2 is 0.944 bits per heavy atom. The van der Waals surface area contributed by atoms with Crippen molar-refractivity contribution in [3.8, 4) is 11.5 Å². The SMILES string of the molecule is CC(=O)C(NNc1ccccc1OCCOc1ccccc1NNC(C(C)=O)C(=O)Nc1ccc2[nH]c(=O)[nH]c2c1)C(=O)Nc1ccc2[nH]c(=O)[nH]c2c1. The number of benzene rings is 4. The molecule has 0 spiro atoms. The van der Waals surface area contributed by atoms with E-state index < -0.39 is 35.5 Å². The Balaban J connectivity index is 1.01. The van der Waals surface area contributed by atoms with E-state index >= 15 is 0 Å². The third-order valence-corrected chi connectivity index (χ3v) is 7.98. The lowest BCUT2D eigenvalue weighted by Crippen LogP contribution is -2.48. The second-order valence-corrected chi connectivity index (χ2v) is 12.0. The fourth-order valence-corrected chi connectivity index (χ4v) is 5.35. The number of hydrogen-bond donors (Lipinski definition) is 10. The van der Waals surface area contributed by atoms with Gasteiger partial charge in [0.2, 0.25) is 0 Å². The number of H-pyrrole nitrogens is 4. The van der Waals surface area contributed by atoms with Crippen LogP contribution in [-0.2, 0) is 19.2 Å². The highest BCUT2D eigenvalue weighted by Crippen LogP contribution is 2.25. The summed E-state index contributed by atoms with van der Waals surface area (Å²) in [5, 5.41) is 5.35. The van der Waals surface area contributed by atoms with Crippen molar-refractivity contribution >= 4 is 68.2 Å². The molecule has 2 amide bonds. The van der Waals surface area contributed by atoms with Gasteiger partial charge in [-0.15, -0.1) is 0 Å². The number of carbonyl (C=O) groups excluding carboxylic acids is 4. The molecule has 6 rings (SSSR count). The highest BCUT2D eigenvalue weighted by atomic mass is 16.5. The molecule has 2 atom stereocenters. The second-order valence-electron chi connectivity index (χ2n) is 12.0. The molecule has 0 aliphatic rings. The maximum absolute atomic E-state index is 13.0. The van der Waals surface area contributed by atoms with Crippen LogP contribution in [0.4, 0.5) is 22.7 Å². The van der Waals surface area contributed by atoms with Crippen LogP contribution in [0.1, 0.15) is 13.8 Å². The van der Waals surface area contributed by atoms with E-state index in [1.165, 1.54) is 13.8 Å². The number of hydrogen-bond acceptors (Lipinski definition) is 12. The quantitative estimate of drug-likeness (QED) is 0.0368. The van der Waals surface area contributed by atoms with Gasteiger partial charge in [-0.3, -0.25) is 19.2 Å². The Morgan fingerprint density at radius 3 is 1.35 bits per heavy atom. The number of amides is 2. The zero-order valence-electron chi connectivity index (χ0n) is 28.9. The van der Waals surface area contributed by atoms with Gasteiger partial charge in [0.1, 0.15) is 24.7 Å². The van der Waals surface area contributed by atoms with Gasteiger partial charge in [0.15, 0.2) is 23.7 Å². The van der Waals surface area contributed by atoms with Gasteiger partial charge in [0.05, 0.1) is 33.4 Å². The molecule has 2 unspecified atom stereocenters. The van der Waals surface area contributed by atoms with E-state index in [1.807, 2.05) is 0 Å². The molecule has 18 nitrogen and oxygen atoms in total. The van der Waals surface area contributed by atoms with Gasteiger partial charge in [-0.05, 0) is 74.5 Å². The number of aromatic amines is 4. The first-order valence-electron chi connectivity index (χ1n) is 16.6. The molecule has 2 aromatic heterocycles. The summed E-state index contributed by atoms with van der Waals surface area (Å²) in [6.45, 7) is 2.74. The summed E-state index contributed by atoms with van der Waals surface area (Å²) in [4.78, 5) is 84.5. The molecular formula is C36H36N10O8. The van der Waals surface area contributed by atoms with Crippen LogP contribution in [0.3, 0.4) is 0 Å². The molecule has 0 radical (unpaired) electrons. The van der Waals surface area contributed by atoms with Crippen LogP contribution in [-0.4, -0.2) is 68.6 Å². The summed E-state index contributed by atoms with van der Waals surface area (Å²) in [5.74, 6) is -1.33. The van der Waals surface area contributed by atoms with Crippen molar-refractivity contribution < 1.29 is 28.7 Å². The number of ketones is 2. The molecular weight excluding hydrogens is 700 g/mol. The topological polar surface area (TPSA) is 256 Å². The van der Waals surface area contributed by atoms with E-state index in [2.05, 4.69) is 52.3 Å². The van der Waals surface area contributed by atoms with Crippen molar-refractivity contribution in [3.05, 3.63) is 106 Å². The minimum absolute atomic E-state index is 0.0933. The largest absolute Gasteiger partial charge is 0.488 e. The van der Waals surface area contributed by atoms with Crippen LogP contribution in [0.5, 0.6) is 11.5 Å². The van der Waals surface area contributed by atoms with Crippen molar-refractivity contribution in [2.45, 2.75) is 25.9 Å². The van der Waals surface area contributed by atoms with E-state index in [-0.39, 0.29) is 24.6 Å². The summed E-state index contributed by atoms with van der Waals surface area (Å²) < 4.78 is 11.9. The van der Waals surface area contributed by atoms with Gasteiger partial charge in [-0.2, -0.15) is 0 Å². The summed E-state index contributed by atoms with van der Waals surface area (Å²) in [7, 11) is 0. The third-order valence-electron chi connectivity index (χ3n) is 7.98. The fraction of sp³-hybridized carbons (Fsp3) is 0.167. The number of rotatable bonds is 17. The molecule has 278 valence electrons. The standard InChI is InChI=1S/C36H36N10O8/c1-19(47)31(33(49)37-21-11-13-23-27(17-21)41-35(51)39-23)45-43-25-7-3-5-9-29(25)53-15-16-54-30-10-6-4-8-26(30)44-46-32(20(2)48)34(50)38-22-12-14-24-28(18-22)42-36(52)40-24/h3-14,17-18,31-32,43-46H,15-16H2,1-2H3,(H,37,49)(H,38,50)(H2,39,41,51)(H2,40,42,52). The number of imidazole rings is 2.